The molecule has 2 rings (SSSR count). The first-order valence-electron chi connectivity index (χ1n) is 5.17. The first kappa shape index (κ1) is 13.6. The molecular weight excluding hydrogens is 334 g/mol. The number of aromatic amines is 1. The molecule has 1 N–H and O–H groups in total. The molecule has 0 radical (unpaired) electrons. The maximum Gasteiger partial charge on any atom is 0.334 e. The summed E-state index contributed by atoms with van der Waals surface area (Å²) in [5.41, 5.74) is -0.113. The molecule has 0 fully saturated rings. The van der Waals surface area contributed by atoms with E-state index in [-0.39, 0.29) is 10.7 Å². The van der Waals surface area contributed by atoms with Crippen LogP contribution in [-0.2, 0) is 0 Å². The quantitative estimate of drug-likeness (QED) is 0.808. The van der Waals surface area contributed by atoms with Gasteiger partial charge in [0.2, 0.25) is 0 Å². The van der Waals surface area contributed by atoms with E-state index < -0.39 is 11.2 Å². The van der Waals surface area contributed by atoms with Gasteiger partial charge in [-0.05, 0) is 41.1 Å². The normalized spacial score (nSPS) is 10.2. The molecule has 0 saturated heterocycles. The van der Waals surface area contributed by atoms with Crippen LogP contribution < -0.4 is 11.2 Å². The summed E-state index contributed by atoms with van der Waals surface area (Å²) in [5.74, 6) is 0. The van der Waals surface area contributed by atoms with Crippen molar-refractivity contribution in [3.05, 3.63) is 59.8 Å². The fraction of sp³-hybridized carbons (Fsp3) is 0.0833. The molecule has 0 amide bonds. The minimum atomic E-state index is -0.633. The Kier molecular flexibility index (Phi) is 3.60. The van der Waals surface area contributed by atoms with Crippen molar-refractivity contribution >= 4 is 27.5 Å². The average molecular weight is 341 g/mol. The second kappa shape index (κ2) is 5.03. The summed E-state index contributed by atoms with van der Waals surface area (Å²) in [5, 5.41) is 8.81. The lowest BCUT2D eigenvalue weighted by Gasteiger charge is -2.08. The summed E-state index contributed by atoms with van der Waals surface area (Å²) >= 11 is 8.98. The smallest absolute Gasteiger partial charge is 0.297 e. The van der Waals surface area contributed by atoms with Crippen molar-refractivity contribution in [1.29, 1.82) is 5.26 Å². The lowest BCUT2D eigenvalue weighted by atomic mass is 10.2. The Hall–Kier alpha value is -1.84. The lowest BCUT2D eigenvalue weighted by molar-refractivity contribution is 0.856. The first-order chi connectivity index (χ1) is 8.95. The number of hydrogen-bond acceptors (Lipinski definition) is 3. The van der Waals surface area contributed by atoms with E-state index in [4.69, 9.17) is 16.9 Å². The van der Waals surface area contributed by atoms with Crippen LogP contribution in [0.1, 0.15) is 11.1 Å². The Morgan fingerprint density at radius 3 is 2.68 bits per heavy atom. The molecule has 1 aromatic carbocycles. The van der Waals surface area contributed by atoms with Crippen molar-refractivity contribution in [1.82, 2.24) is 9.55 Å². The maximum atomic E-state index is 12.1. The molecule has 0 unspecified atom stereocenters. The minimum absolute atomic E-state index is 0.0241. The third kappa shape index (κ3) is 2.35. The number of H-pyrrole nitrogens is 1. The van der Waals surface area contributed by atoms with Crippen LogP contribution in [0.25, 0.3) is 5.69 Å². The largest absolute Gasteiger partial charge is 0.334 e. The zero-order valence-corrected chi connectivity index (χ0v) is 12.0. The van der Waals surface area contributed by atoms with Gasteiger partial charge in [-0.15, -0.1) is 0 Å². The van der Waals surface area contributed by atoms with Gasteiger partial charge < -0.3 is 0 Å². The van der Waals surface area contributed by atoms with Crippen molar-refractivity contribution in [3.8, 4) is 11.8 Å². The van der Waals surface area contributed by atoms with Crippen molar-refractivity contribution in [2.45, 2.75) is 6.92 Å². The van der Waals surface area contributed by atoms with Gasteiger partial charge in [0.05, 0.1) is 22.9 Å². The third-order valence-corrected chi connectivity index (χ3v) is 3.60. The van der Waals surface area contributed by atoms with Crippen LogP contribution in [0.3, 0.4) is 0 Å². The molecule has 1 aromatic heterocycles. The van der Waals surface area contributed by atoms with Gasteiger partial charge in [-0.25, -0.2) is 9.36 Å². The molecule has 0 saturated carbocycles. The van der Waals surface area contributed by atoms with E-state index >= 15 is 0 Å². The summed E-state index contributed by atoms with van der Waals surface area (Å²) in [6.07, 6.45) is 0. The molecule has 19 heavy (non-hydrogen) atoms. The molecule has 0 aliphatic rings. The molecule has 1 heterocycles. The predicted octanol–water partition coefficient (Wildman–Crippen LogP) is 2.12. The Morgan fingerprint density at radius 2 is 2.11 bits per heavy atom. The fourth-order valence-electron chi connectivity index (χ4n) is 1.57. The Bertz CT molecular complexity index is 817. The number of rotatable bonds is 1. The monoisotopic (exact) mass is 339 g/mol. The number of nitriles is 1. The standard InChI is InChI=1S/C12H7BrClN3O2/c1-6-10(14)16-12(19)17(11(6)18)9-3-2-7(5-15)4-8(9)13/h2-4H,1H3,(H,16,19). The summed E-state index contributed by atoms with van der Waals surface area (Å²) in [4.78, 5) is 26.3. The Balaban J connectivity index is 2.81. The van der Waals surface area contributed by atoms with Gasteiger partial charge in [0.15, 0.2) is 0 Å². The lowest BCUT2D eigenvalue weighted by Crippen LogP contribution is -2.35. The highest BCUT2D eigenvalue weighted by atomic mass is 79.9. The van der Waals surface area contributed by atoms with Crippen LogP contribution in [0, 0.1) is 18.3 Å². The van der Waals surface area contributed by atoms with Crippen LogP contribution in [-0.4, -0.2) is 9.55 Å². The molecule has 0 bridgehead atoms. The second-order valence-electron chi connectivity index (χ2n) is 3.79. The van der Waals surface area contributed by atoms with E-state index in [1.165, 1.54) is 25.1 Å². The van der Waals surface area contributed by atoms with Gasteiger partial charge in [0, 0.05) is 4.47 Å². The summed E-state index contributed by atoms with van der Waals surface area (Å²) in [6.45, 7) is 1.52. The fourth-order valence-corrected chi connectivity index (χ4v) is 2.29. The van der Waals surface area contributed by atoms with Crippen LogP contribution in [0.2, 0.25) is 5.15 Å². The van der Waals surface area contributed by atoms with Gasteiger partial charge in [-0.2, -0.15) is 5.26 Å². The number of halogens is 2. The van der Waals surface area contributed by atoms with Crippen LogP contribution in [0.4, 0.5) is 0 Å². The SMILES string of the molecule is Cc1c(Cl)[nH]c(=O)n(-c2ccc(C#N)cc2Br)c1=O. The van der Waals surface area contributed by atoms with Crippen molar-refractivity contribution in [2.24, 2.45) is 0 Å². The number of aromatic nitrogens is 2. The van der Waals surface area contributed by atoms with Crippen molar-refractivity contribution in [3.63, 3.8) is 0 Å². The van der Waals surface area contributed by atoms with Crippen molar-refractivity contribution in [2.75, 3.05) is 0 Å². The highest BCUT2D eigenvalue weighted by Gasteiger charge is 2.13. The molecule has 5 nitrogen and oxygen atoms in total. The van der Waals surface area contributed by atoms with Crippen molar-refractivity contribution < 1.29 is 0 Å². The van der Waals surface area contributed by atoms with Gasteiger partial charge in [0.1, 0.15) is 5.15 Å². The highest BCUT2D eigenvalue weighted by Crippen LogP contribution is 2.20. The molecule has 2 aromatic rings. The van der Waals surface area contributed by atoms with E-state index in [0.717, 1.165) is 4.57 Å². The van der Waals surface area contributed by atoms with E-state index in [1.54, 1.807) is 0 Å². The average Bonchev–Trinajstić information content (AvgIpc) is 2.38. The Morgan fingerprint density at radius 1 is 1.42 bits per heavy atom. The number of hydrogen-bond donors (Lipinski definition) is 1. The highest BCUT2D eigenvalue weighted by molar-refractivity contribution is 9.10. The molecule has 0 spiro atoms. The number of nitrogens with zero attached hydrogens (tertiary/aromatic N) is 2. The van der Waals surface area contributed by atoms with Gasteiger partial charge in [-0.3, -0.25) is 9.78 Å². The zero-order valence-electron chi connectivity index (χ0n) is 9.70. The maximum absolute atomic E-state index is 12.1. The second-order valence-corrected chi connectivity index (χ2v) is 5.02. The minimum Gasteiger partial charge on any atom is -0.297 e. The van der Waals surface area contributed by atoms with E-state index in [0.29, 0.717) is 15.7 Å². The van der Waals surface area contributed by atoms with Gasteiger partial charge in [-0.1, -0.05) is 11.6 Å². The topological polar surface area (TPSA) is 78.7 Å². The molecule has 96 valence electrons. The van der Waals surface area contributed by atoms with Gasteiger partial charge >= 0.3 is 5.69 Å². The summed E-state index contributed by atoms with van der Waals surface area (Å²) < 4.78 is 1.44. The van der Waals surface area contributed by atoms with Crippen LogP contribution >= 0.6 is 27.5 Å². The molecule has 0 aliphatic carbocycles. The number of benzene rings is 1. The third-order valence-electron chi connectivity index (χ3n) is 2.59. The van der Waals surface area contributed by atoms with Crippen LogP contribution in [0.5, 0.6) is 0 Å². The molecule has 0 aliphatic heterocycles. The Labute approximate surface area is 121 Å². The summed E-state index contributed by atoms with van der Waals surface area (Å²) in [7, 11) is 0. The van der Waals surface area contributed by atoms with Gasteiger partial charge in [0.25, 0.3) is 5.56 Å². The molecule has 0 atom stereocenters. The van der Waals surface area contributed by atoms with E-state index in [9.17, 15) is 9.59 Å². The zero-order chi connectivity index (χ0) is 14.2. The summed E-state index contributed by atoms with van der Waals surface area (Å²) in [6, 6.07) is 6.55. The predicted molar refractivity (Wildman–Crippen MR) is 74.8 cm³/mol. The van der Waals surface area contributed by atoms with E-state index in [1.807, 2.05) is 6.07 Å². The number of nitrogens with one attached hydrogen (secondary N) is 1. The molecule has 7 heteroatoms. The molecular formula is C12H7BrClN3O2. The first-order valence-corrected chi connectivity index (χ1v) is 6.34. The van der Waals surface area contributed by atoms with E-state index in [2.05, 4.69) is 20.9 Å². The van der Waals surface area contributed by atoms with Crippen LogP contribution in [0.15, 0.2) is 32.3 Å².